The lowest BCUT2D eigenvalue weighted by molar-refractivity contribution is 0.591. The molecule has 0 saturated carbocycles. The van der Waals surface area contributed by atoms with Crippen LogP contribution >= 0.6 is 0 Å². The fourth-order valence-corrected chi connectivity index (χ4v) is 1.94. The summed E-state index contributed by atoms with van der Waals surface area (Å²) in [6.45, 7) is 8.64. The van der Waals surface area contributed by atoms with Crippen molar-refractivity contribution in [2.24, 2.45) is 0 Å². The van der Waals surface area contributed by atoms with Crippen molar-refractivity contribution in [1.29, 1.82) is 0 Å². The average molecular weight is 189 g/mol. The first kappa shape index (κ1) is 9.19. The molecule has 0 bridgehead atoms. The Balaban J connectivity index is 2.81. The van der Waals surface area contributed by atoms with Crippen molar-refractivity contribution in [2.75, 3.05) is 0 Å². The maximum atomic E-state index is 4.46. The summed E-state index contributed by atoms with van der Waals surface area (Å²) in [6, 6.07) is 0. The smallest absolute Gasteiger partial charge is 0.0884 e. The van der Waals surface area contributed by atoms with Crippen molar-refractivity contribution in [3.63, 3.8) is 0 Å². The Morgan fingerprint density at radius 3 is 2.64 bits per heavy atom. The van der Waals surface area contributed by atoms with E-state index in [9.17, 15) is 0 Å². The third-order valence-electron chi connectivity index (χ3n) is 2.36. The number of hydrogen-bond acceptors (Lipinski definition) is 2. The first-order chi connectivity index (χ1) is 6.50. The Labute approximate surface area is 83.8 Å². The molecule has 14 heavy (non-hydrogen) atoms. The zero-order valence-electron chi connectivity index (χ0n) is 9.07. The molecular weight excluding hydrogens is 174 g/mol. The molecule has 0 aromatic carbocycles. The number of aryl methyl sites for hydroxylation is 1. The molecule has 2 rings (SSSR count). The van der Waals surface area contributed by atoms with Crippen molar-refractivity contribution in [1.82, 2.24) is 14.6 Å². The molecule has 0 aliphatic rings. The highest BCUT2D eigenvalue weighted by Crippen LogP contribution is 2.28. The summed E-state index contributed by atoms with van der Waals surface area (Å²) in [5.74, 6) is 0. The molecule has 0 amide bonds. The molecule has 2 aromatic rings. The molecule has 0 fully saturated rings. The van der Waals surface area contributed by atoms with Gasteiger partial charge in [0.15, 0.2) is 0 Å². The van der Waals surface area contributed by atoms with Crippen LogP contribution in [0, 0.1) is 6.92 Å². The Morgan fingerprint density at radius 1 is 1.29 bits per heavy atom. The van der Waals surface area contributed by atoms with Gasteiger partial charge in [0.25, 0.3) is 0 Å². The fourth-order valence-electron chi connectivity index (χ4n) is 1.94. The molecule has 0 radical (unpaired) electrons. The second kappa shape index (κ2) is 2.80. The summed E-state index contributed by atoms with van der Waals surface area (Å²) in [4.78, 5) is 4.14. The van der Waals surface area contributed by atoms with Gasteiger partial charge in [0.05, 0.1) is 17.4 Å². The van der Waals surface area contributed by atoms with E-state index in [0.717, 1.165) is 11.2 Å². The first-order valence-corrected chi connectivity index (χ1v) is 4.79. The van der Waals surface area contributed by atoms with E-state index in [2.05, 4.69) is 30.9 Å². The number of rotatable bonds is 0. The van der Waals surface area contributed by atoms with Gasteiger partial charge in [-0.1, -0.05) is 20.8 Å². The van der Waals surface area contributed by atoms with Gasteiger partial charge in [0.1, 0.15) is 0 Å². The quantitative estimate of drug-likeness (QED) is 0.636. The first-order valence-electron chi connectivity index (χ1n) is 4.79. The van der Waals surface area contributed by atoms with Crippen LogP contribution in [0.5, 0.6) is 0 Å². The summed E-state index contributed by atoms with van der Waals surface area (Å²) in [7, 11) is 0. The highest BCUT2D eigenvalue weighted by atomic mass is 15.2. The summed E-state index contributed by atoms with van der Waals surface area (Å²) in [5.41, 5.74) is 3.60. The molecule has 2 heterocycles. The van der Waals surface area contributed by atoms with Crippen molar-refractivity contribution in [2.45, 2.75) is 33.1 Å². The van der Waals surface area contributed by atoms with Crippen molar-refractivity contribution >= 4 is 5.52 Å². The molecule has 0 N–H and O–H groups in total. The third-order valence-corrected chi connectivity index (χ3v) is 2.36. The Kier molecular flexibility index (Phi) is 1.84. The van der Waals surface area contributed by atoms with Crippen LogP contribution in [-0.2, 0) is 5.41 Å². The zero-order chi connectivity index (χ0) is 10.3. The van der Waals surface area contributed by atoms with Crippen LogP contribution in [0.1, 0.15) is 32.0 Å². The van der Waals surface area contributed by atoms with E-state index >= 15 is 0 Å². The number of aromatic nitrogens is 3. The number of hydrogen-bond donors (Lipinski definition) is 0. The van der Waals surface area contributed by atoms with Gasteiger partial charge in [0, 0.05) is 18.0 Å². The van der Waals surface area contributed by atoms with E-state index in [-0.39, 0.29) is 5.41 Å². The Morgan fingerprint density at radius 2 is 2.00 bits per heavy atom. The van der Waals surface area contributed by atoms with Crippen LogP contribution in [0.15, 0.2) is 18.6 Å². The normalized spacial score (nSPS) is 12.3. The molecular formula is C11H15N3. The summed E-state index contributed by atoms with van der Waals surface area (Å²) < 4.78 is 1.89. The van der Waals surface area contributed by atoms with Gasteiger partial charge in [-0.05, 0) is 12.3 Å². The van der Waals surface area contributed by atoms with Crippen LogP contribution in [0.4, 0.5) is 0 Å². The van der Waals surface area contributed by atoms with Crippen LogP contribution < -0.4 is 0 Å². The van der Waals surface area contributed by atoms with Crippen molar-refractivity contribution < 1.29 is 0 Å². The predicted octanol–water partition coefficient (Wildman–Crippen LogP) is 2.34. The fraction of sp³-hybridized carbons (Fsp3) is 0.455. The highest BCUT2D eigenvalue weighted by molar-refractivity contribution is 5.57. The van der Waals surface area contributed by atoms with Crippen LogP contribution in [0.25, 0.3) is 5.52 Å². The molecule has 0 atom stereocenters. The molecule has 0 spiro atoms. The number of nitrogens with zero attached hydrogens (tertiary/aromatic N) is 3. The standard InChI is InChI=1S/C11H15N3/c1-8-10(11(2,3)4)9-7-12-5-6-14(9)13-8/h5-7H,1-4H3. The molecule has 0 saturated heterocycles. The third kappa shape index (κ3) is 1.29. The lowest BCUT2D eigenvalue weighted by Crippen LogP contribution is -2.12. The molecule has 0 aliphatic carbocycles. The van der Waals surface area contributed by atoms with Crippen molar-refractivity contribution in [3.05, 3.63) is 29.8 Å². The zero-order valence-corrected chi connectivity index (χ0v) is 9.07. The monoisotopic (exact) mass is 189 g/mol. The van der Waals surface area contributed by atoms with E-state index in [4.69, 9.17) is 0 Å². The maximum absolute atomic E-state index is 4.46. The molecule has 3 heteroatoms. The Hall–Kier alpha value is -1.38. The predicted molar refractivity (Wildman–Crippen MR) is 56.4 cm³/mol. The Bertz CT molecular complexity index is 463. The van der Waals surface area contributed by atoms with Gasteiger partial charge in [-0.25, -0.2) is 4.52 Å². The number of fused-ring (bicyclic) bond motifs is 1. The molecule has 2 aromatic heterocycles. The van der Waals surface area contributed by atoms with E-state index < -0.39 is 0 Å². The topological polar surface area (TPSA) is 30.2 Å². The molecule has 3 nitrogen and oxygen atoms in total. The average Bonchev–Trinajstić information content (AvgIpc) is 2.38. The molecule has 0 unspecified atom stereocenters. The lowest BCUT2D eigenvalue weighted by atomic mass is 9.86. The minimum Gasteiger partial charge on any atom is -0.261 e. The van der Waals surface area contributed by atoms with E-state index in [0.29, 0.717) is 0 Å². The lowest BCUT2D eigenvalue weighted by Gasteiger charge is -2.17. The van der Waals surface area contributed by atoms with Crippen LogP contribution in [-0.4, -0.2) is 14.6 Å². The van der Waals surface area contributed by atoms with Gasteiger partial charge in [0.2, 0.25) is 0 Å². The van der Waals surface area contributed by atoms with Gasteiger partial charge in [-0.3, -0.25) is 4.98 Å². The van der Waals surface area contributed by atoms with E-state index in [1.165, 1.54) is 5.56 Å². The van der Waals surface area contributed by atoms with Gasteiger partial charge >= 0.3 is 0 Å². The van der Waals surface area contributed by atoms with Gasteiger partial charge < -0.3 is 0 Å². The highest BCUT2D eigenvalue weighted by Gasteiger charge is 2.21. The maximum Gasteiger partial charge on any atom is 0.0884 e. The van der Waals surface area contributed by atoms with Crippen LogP contribution in [0.3, 0.4) is 0 Å². The minimum absolute atomic E-state index is 0.120. The van der Waals surface area contributed by atoms with Crippen LogP contribution in [0.2, 0.25) is 0 Å². The summed E-state index contributed by atoms with van der Waals surface area (Å²) >= 11 is 0. The van der Waals surface area contributed by atoms with E-state index in [1.54, 1.807) is 6.20 Å². The second-order valence-electron chi connectivity index (χ2n) is 4.62. The van der Waals surface area contributed by atoms with E-state index in [1.807, 2.05) is 23.8 Å². The van der Waals surface area contributed by atoms with Gasteiger partial charge in [-0.15, -0.1) is 0 Å². The molecule has 74 valence electrons. The SMILES string of the molecule is Cc1nn2ccncc2c1C(C)(C)C. The largest absolute Gasteiger partial charge is 0.261 e. The second-order valence-corrected chi connectivity index (χ2v) is 4.62. The van der Waals surface area contributed by atoms with Crippen molar-refractivity contribution in [3.8, 4) is 0 Å². The summed E-state index contributed by atoms with van der Waals surface area (Å²) in [5, 5.41) is 4.46. The minimum atomic E-state index is 0.120. The van der Waals surface area contributed by atoms with Gasteiger partial charge in [-0.2, -0.15) is 5.10 Å². The molecule has 0 aliphatic heterocycles. The summed E-state index contributed by atoms with van der Waals surface area (Å²) in [6.07, 6.45) is 5.52.